The van der Waals surface area contributed by atoms with Gasteiger partial charge in [0.25, 0.3) is 5.91 Å². The topological polar surface area (TPSA) is 85.3 Å². The molecule has 1 fully saturated rings. The van der Waals surface area contributed by atoms with E-state index in [4.69, 9.17) is 14.5 Å². The second-order valence-corrected chi connectivity index (χ2v) is 7.74. The van der Waals surface area contributed by atoms with Gasteiger partial charge in [0.15, 0.2) is 17.1 Å². The van der Waals surface area contributed by atoms with E-state index in [2.05, 4.69) is 21.5 Å². The minimum Gasteiger partial charge on any atom is -0.493 e. The van der Waals surface area contributed by atoms with Crippen molar-refractivity contribution in [3.05, 3.63) is 48.0 Å². The molecule has 8 nitrogen and oxygen atoms in total. The Morgan fingerprint density at radius 3 is 2.90 bits per heavy atom. The van der Waals surface area contributed by atoms with Crippen LogP contribution in [0, 0.1) is 0 Å². The maximum Gasteiger partial charge on any atom is 0.270 e. The standard InChI is InChI=1S/C23H25N5O3/c1-4-20-26-17-6-5-10-24-22(17)28(20)14-9-11-27(13-14)23(29)18-12-15-16(25-18)7-8-19(30-2)21(15)31-3/h5-8,10,12,14,25H,4,9,11,13H2,1-3H3/t14-/m0/s1. The molecule has 0 unspecified atom stereocenters. The summed E-state index contributed by atoms with van der Waals surface area (Å²) in [6, 6.07) is 9.64. The van der Waals surface area contributed by atoms with Crippen LogP contribution in [0.1, 0.15) is 35.7 Å². The first kappa shape index (κ1) is 19.4. The van der Waals surface area contributed by atoms with Gasteiger partial charge in [-0.25, -0.2) is 9.97 Å². The van der Waals surface area contributed by atoms with Gasteiger partial charge in [-0.1, -0.05) is 6.92 Å². The van der Waals surface area contributed by atoms with Crippen LogP contribution in [0.15, 0.2) is 36.5 Å². The number of pyridine rings is 1. The summed E-state index contributed by atoms with van der Waals surface area (Å²) in [6.07, 6.45) is 3.49. The summed E-state index contributed by atoms with van der Waals surface area (Å²) in [7, 11) is 3.21. The lowest BCUT2D eigenvalue weighted by atomic mass is 10.2. The molecule has 1 N–H and O–H groups in total. The number of imidazole rings is 1. The number of likely N-dealkylation sites (tertiary alicyclic amines) is 1. The Labute approximate surface area is 179 Å². The molecule has 3 aromatic heterocycles. The van der Waals surface area contributed by atoms with E-state index in [9.17, 15) is 4.79 Å². The summed E-state index contributed by atoms with van der Waals surface area (Å²) in [5.41, 5.74) is 3.18. The van der Waals surface area contributed by atoms with Crippen molar-refractivity contribution in [2.24, 2.45) is 0 Å². The molecule has 8 heteroatoms. The van der Waals surface area contributed by atoms with E-state index in [0.717, 1.165) is 40.7 Å². The summed E-state index contributed by atoms with van der Waals surface area (Å²) in [5, 5.41) is 0.832. The normalized spacial score (nSPS) is 16.4. The predicted octanol–water partition coefficient (Wildman–Crippen LogP) is 3.58. The largest absolute Gasteiger partial charge is 0.493 e. The maximum absolute atomic E-state index is 13.3. The van der Waals surface area contributed by atoms with E-state index < -0.39 is 0 Å². The molecule has 0 radical (unpaired) electrons. The molecule has 0 bridgehead atoms. The van der Waals surface area contributed by atoms with Gasteiger partial charge in [0.05, 0.1) is 25.8 Å². The van der Waals surface area contributed by atoms with Gasteiger partial charge >= 0.3 is 0 Å². The number of aromatic nitrogens is 4. The van der Waals surface area contributed by atoms with Crippen molar-refractivity contribution in [2.45, 2.75) is 25.8 Å². The number of carbonyl (C=O) groups excluding carboxylic acids is 1. The number of fused-ring (bicyclic) bond motifs is 2. The summed E-state index contributed by atoms with van der Waals surface area (Å²) in [5.74, 6) is 2.25. The Bertz CT molecular complexity index is 1280. The van der Waals surface area contributed by atoms with Crippen LogP contribution < -0.4 is 9.47 Å². The third-order valence-corrected chi connectivity index (χ3v) is 6.03. The molecule has 0 saturated carbocycles. The number of amides is 1. The van der Waals surface area contributed by atoms with E-state index in [1.807, 2.05) is 35.2 Å². The molecule has 4 heterocycles. The molecule has 1 atom stereocenters. The van der Waals surface area contributed by atoms with Crippen molar-refractivity contribution in [3.8, 4) is 11.5 Å². The Morgan fingerprint density at radius 2 is 2.13 bits per heavy atom. The second kappa shape index (κ2) is 7.61. The van der Waals surface area contributed by atoms with Gasteiger partial charge in [-0.15, -0.1) is 0 Å². The van der Waals surface area contributed by atoms with E-state index in [1.54, 1.807) is 20.4 Å². The van der Waals surface area contributed by atoms with Crippen LogP contribution in [0.3, 0.4) is 0 Å². The number of aromatic amines is 1. The van der Waals surface area contributed by atoms with Crippen LogP contribution >= 0.6 is 0 Å². The number of H-pyrrole nitrogens is 1. The lowest BCUT2D eigenvalue weighted by molar-refractivity contribution is 0.0783. The average molecular weight is 419 g/mol. The molecule has 0 spiro atoms. The minimum atomic E-state index is -0.0184. The molecule has 1 aliphatic heterocycles. The first-order valence-corrected chi connectivity index (χ1v) is 10.5. The quantitative estimate of drug-likeness (QED) is 0.534. The molecule has 1 aliphatic rings. The molecule has 1 aromatic carbocycles. The highest BCUT2D eigenvalue weighted by atomic mass is 16.5. The fourth-order valence-corrected chi connectivity index (χ4v) is 4.56. The summed E-state index contributed by atoms with van der Waals surface area (Å²) in [6.45, 7) is 3.42. The lowest BCUT2D eigenvalue weighted by Crippen LogP contribution is -2.29. The first-order valence-electron chi connectivity index (χ1n) is 10.5. The molecule has 1 amide bonds. The molecular formula is C23H25N5O3. The number of aryl methyl sites for hydroxylation is 1. The van der Waals surface area contributed by atoms with Gasteiger partial charge in [0.1, 0.15) is 17.0 Å². The van der Waals surface area contributed by atoms with Gasteiger partial charge in [-0.3, -0.25) is 4.79 Å². The highest BCUT2D eigenvalue weighted by Gasteiger charge is 2.31. The van der Waals surface area contributed by atoms with Crippen LogP contribution in [0.4, 0.5) is 0 Å². The maximum atomic E-state index is 13.3. The van der Waals surface area contributed by atoms with E-state index >= 15 is 0 Å². The Morgan fingerprint density at radius 1 is 1.26 bits per heavy atom. The lowest BCUT2D eigenvalue weighted by Gasteiger charge is -2.18. The molecular weight excluding hydrogens is 394 g/mol. The van der Waals surface area contributed by atoms with Crippen LogP contribution in [0.25, 0.3) is 22.1 Å². The number of nitrogens with one attached hydrogen (secondary N) is 1. The molecule has 1 saturated heterocycles. The number of carbonyl (C=O) groups is 1. The highest BCUT2D eigenvalue weighted by Crippen LogP contribution is 2.36. The van der Waals surface area contributed by atoms with Crippen LogP contribution in [0.2, 0.25) is 0 Å². The highest BCUT2D eigenvalue weighted by molar-refractivity contribution is 6.00. The second-order valence-electron chi connectivity index (χ2n) is 7.74. The predicted molar refractivity (Wildman–Crippen MR) is 118 cm³/mol. The van der Waals surface area contributed by atoms with Crippen LogP contribution in [-0.4, -0.2) is 57.6 Å². The average Bonchev–Trinajstić information content (AvgIpc) is 3.53. The third kappa shape index (κ3) is 3.10. The number of hydrogen-bond donors (Lipinski definition) is 1. The van der Waals surface area contributed by atoms with E-state index in [0.29, 0.717) is 30.3 Å². The number of nitrogens with zero attached hydrogens (tertiary/aromatic N) is 4. The van der Waals surface area contributed by atoms with Gasteiger partial charge in [0, 0.05) is 31.1 Å². The smallest absolute Gasteiger partial charge is 0.270 e. The van der Waals surface area contributed by atoms with Crippen LogP contribution in [-0.2, 0) is 6.42 Å². The van der Waals surface area contributed by atoms with Gasteiger partial charge in [-0.2, -0.15) is 0 Å². The molecule has 4 aromatic rings. The number of methoxy groups -OCH3 is 2. The summed E-state index contributed by atoms with van der Waals surface area (Å²) < 4.78 is 13.1. The molecule has 0 aliphatic carbocycles. The Kier molecular flexibility index (Phi) is 4.77. The molecule has 160 valence electrons. The monoisotopic (exact) mass is 419 g/mol. The van der Waals surface area contributed by atoms with Gasteiger partial charge < -0.3 is 23.9 Å². The van der Waals surface area contributed by atoms with E-state index in [1.165, 1.54) is 0 Å². The Hall–Kier alpha value is -3.55. The zero-order valence-corrected chi connectivity index (χ0v) is 17.9. The molecule has 5 rings (SSSR count). The van der Waals surface area contributed by atoms with Crippen molar-refractivity contribution < 1.29 is 14.3 Å². The number of rotatable bonds is 5. The zero-order valence-electron chi connectivity index (χ0n) is 17.9. The SMILES string of the molecule is CCc1nc2cccnc2n1[C@H]1CCN(C(=O)c2cc3c(OC)c(OC)ccc3[nH]2)C1. The summed E-state index contributed by atoms with van der Waals surface area (Å²) in [4.78, 5) is 27.7. The fraction of sp³-hybridized carbons (Fsp3) is 0.348. The van der Waals surface area contributed by atoms with Gasteiger partial charge in [0.2, 0.25) is 0 Å². The third-order valence-electron chi connectivity index (χ3n) is 6.03. The van der Waals surface area contributed by atoms with Crippen molar-refractivity contribution in [1.82, 2.24) is 24.4 Å². The summed E-state index contributed by atoms with van der Waals surface area (Å²) >= 11 is 0. The number of ether oxygens (including phenoxy) is 2. The first-order chi connectivity index (χ1) is 15.1. The van der Waals surface area contributed by atoms with Gasteiger partial charge in [-0.05, 0) is 36.8 Å². The van der Waals surface area contributed by atoms with Crippen molar-refractivity contribution in [3.63, 3.8) is 0 Å². The number of benzene rings is 1. The Balaban J connectivity index is 1.44. The number of hydrogen-bond acceptors (Lipinski definition) is 5. The zero-order chi connectivity index (χ0) is 21.5. The van der Waals surface area contributed by atoms with Crippen molar-refractivity contribution in [1.29, 1.82) is 0 Å². The molecule has 31 heavy (non-hydrogen) atoms. The van der Waals surface area contributed by atoms with Crippen molar-refractivity contribution in [2.75, 3.05) is 27.3 Å². The van der Waals surface area contributed by atoms with Crippen LogP contribution in [0.5, 0.6) is 11.5 Å². The van der Waals surface area contributed by atoms with Crippen molar-refractivity contribution >= 4 is 28.0 Å². The fourth-order valence-electron chi connectivity index (χ4n) is 4.56. The van der Waals surface area contributed by atoms with E-state index in [-0.39, 0.29) is 11.9 Å². The minimum absolute atomic E-state index is 0.0184.